The highest BCUT2D eigenvalue weighted by Gasteiger charge is 2.23. The monoisotopic (exact) mass is 440 g/mol. The van der Waals surface area contributed by atoms with Crippen LogP contribution in [0.1, 0.15) is 4.88 Å². The van der Waals surface area contributed by atoms with Crippen LogP contribution < -0.4 is 15.2 Å². The van der Waals surface area contributed by atoms with Crippen LogP contribution in [0, 0.1) is 0 Å². The van der Waals surface area contributed by atoms with Gasteiger partial charge in [0.05, 0.1) is 23.0 Å². The van der Waals surface area contributed by atoms with Gasteiger partial charge >= 0.3 is 11.2 Å². The van der Waals surface area contributed by atoms with Crippen LogP contribution in [-0.4, -0.2) is 14.2 Å². The van der Waals surface area contributed by atoms with Gasteiger partial charge in [0.25, 0.3) is 0 Å². The minimum absolute atomic E-state index is 0.00527. The van der Waals surface area contributed by atoms with Crippen molar-refractivity contribution in [2.75, 3.05) is 0 Å². The number of aryl methyl sites for hydroxylation is 1. The molecule has 1 aromatic carbocycles. The molecule has 0 aliphatic heterocycles. The van der Waals surface area contributed by atoms with Gasteiger partial charge in [0.15, 0.2) is 4.47 Å². The highest BCUT2D eigenvalue weighted by molar-refractivity contribution is 7.15. The molecule has 10 heteroatoms. The van der Waals surface area contributed by atoms with Gasteiger partial charge in [-0.25, -0.2) is 19.0 Å². The maximum Gasteiger partial charge on any atom is 0.368 e. The molecule has 4 aromatic rings. The summed E-state index contributed by atoms with van der Waals surface area (Å²) >= 11 is 19.3. The molecule has 0 spiro atoms. The lowest BCUT2D eigenvalue weighted by atomic mass is 10.1. The first-order chi connectivity index (χ1) is 12.8. The largest absolute Gasteiger partial charge is 0.842 e. The summed E-state index contributed by atoms with van der Waals surface area (Å²) in [4.78, 5) is 17.9. The molecule has 0 N–H and O–H groups in total. The van der Waals surface area contributed by atoms with Crippen LogP contribution in [0.3, 0.4) is 0 Å². The van der Waals surface area contributed by atoms with E-state index in [0.29, 0.717) is 25.7 Å². The van der Waals surface area contributed by atoms with Crippen molar-refractivity contribution < 1.29 is 9.67 Å². The van der Waals surface area contributed by atoms with Crippen LogP contribution in [-0.2, 0) is 13.6 Å². The quantitative estimate of drug-likeness (QED) is 0.459. The Kier molecular flexibility index (Phi) is 4.63. The highest BCUT2D eigenvalue weighted by Crippen LogP contribution is 2.29. The fraction of sp³-hybridized carbons (Fsp3) is 0.118. The minimum Gasteiger partial charge on any atom is -0.842 e. The smallest absolute Gasteiger partial charge is 0.368 e. The molecule has 0 unspecified atom stereocenters. The number of aromatic nitrogens is 4. The van der Waals surface area contributed by atoms with E-state index in [4.69, 9.17) is 34.8 Å². The summed E-state index contributed by atoms with van der Waals surface area (Å²) in [5.74, 6) is -0.436. The van der Waals surface area contributed by atoms with Gasteiger partial charge < -0.3 is 5.11 Å². The molecule has 0 aliphatic rings. The van der Waals surface area contributed by atoms with Crippen LogP contribution >= 0.6 is 46.1 Å². The molecule has 0 aliphatic carbocycles. The van der Waals surface area contributed by atoms with E-state index in [0.717, 1.165) is 4.88 Å². The van der Waals surface area contributed by atoms with Crippen molar-refractivity contribution in [3.05, 3.63) is 66.4 Å². The lowest BCUT2D eigenvalue weighted by Gasteiger charge is -2.16. The fourth-order valence-corrected chi connectivity index (χ4v) is 4.46. The second-order valence-corrected chi connectivity index (χ2v) is 8.44. The molecule has 6 nitrogen and oxygen atoms in total. The summed E-state index contributed by atoms with van der Waals surface area (Å²) < 4.78 is 4.93. The van der Waals surface area contributed by atoms with Crippen LogP contribution in [0.2, 0.25) is 14.5 Å². The Morgan fingerprint density at radius 2 is 1.93 bits per heavy atom. The summed E-state index contributed by atoms with van der Waals surface area (Å²) in [6.07, 6.45) is 3.32. The van der Waals surface area contributed by atoms with E-state index >= 15 is 0 Å². The van der Waals surface area contributed by atoms with Crippen molar-refractivity contribution in [2.24, 2.45) is 7.05 Å². The summed E-state index contributed by atoms with van der Waals surface area (Å²) in [5.41, 5.74) is 0.386. The number of benzene rings is 1. The number of nitrogens with zero attached hydrogens (tertiary/aromatic N) is 4. The van der Waals surface area contributed by atoms with Crippen molar-refractivity contribution >= 4 is 51.8 Å². The fourth-order valence-electron chi connectivity index (χ4n) is 2.97. The van der Waals surface area contributed by atoms with E-state index in [2.05, 4.69) is 4.98 Å². The van der Waals surface area contributed by atoms with E-state index in [1.807, 2.05) is 0 Å². The zero-order chi connectivity index (χ0) is 19.3. The molecule has 4 rings (SSSR count). The Morgan fingerprint density at radius 3 is 2.56 bits per heavy atom. The van der Waals surface area contributed by atoms with Crippen molar-refractivity contribution in [2.45, 2.75) is 6.54 Å². The number of thiazole rings is 1. The van der Waals surface area contributed by atoms with E-state index in [1.165, 1.54) is 20.4 Å². The maximum absolute atomic E-state index is 13.3. The van der Waals surface area contributed by atoms with Gasteiger partial charge in [-0.2, -0.15) is 0 Å². The second-order valence-electron chi connectivity index (χ2n) is 5.87. The second kappa shape index (κ2) is 6.83. The molecule has 0 saturated heterocycles. The zero-order valence-electron chi connectivity index (χ0n) is 13.8. The number of fused-ring (bicyclic) bond motifs is 1. The van der Waals surface area contributed by atoms with Crippen LogP contribution in [0.4, 0.5) is 0 Å². The van der Waals surface area contributed by atoms with Gasteiger partial charge in [-0.05, 0) is 23.8 Å². The average molecular weight is 442 g/mol. The van der Waals surface area contributed by atoms with E-state index in [1.54, 1.807) is 48.4 Å². The Morgan fingerprint density at radius 1 is 1.22 bits per heavy atom. The van der Waals surface area contributed by atoms with Crippen molar-refractivity contribution in [3.8, 4) is 17.0 Å². The number of rotatable bonds is 3. The minimum atomic E-state index is -0.445. The normalized spacial score (nSPS) is 11.4. The van der Waals surface area contributed by atoms with E-state index in [-0.39, 0.29) is 12.1 Å². The Bertz CT molecular complexity index is 1220. The number of hydrogen-bond donors (Lipinski definition) is 0. The molecule has 0 radical (unpaired) electrons. The molecule has 0 atom stereocenters. The van der Waals surface area contributed by atoms with E-state index in [9.17, 15) is 9.90 Å². The Hall–Kier alpha value is -2.06. The zero-order valence-corrected chi connectivity index (χ0v) is 16.9. The van der Waals surface area contributed by atoms with Crippen molar-refractivity contribution in [1.29, 1.82) is 0 Å². The van der Waals surface area contributed by atoms with Gasteiger partial charge in [-0.3, -0.25) is 0 Å². The van der Waals surface area contributed by atoms with Crippen LogP contribution in [0.25, 0.3) is 16.8 Å². The molecule has 0 bridgehead atoms. The molecule has 0 fully saturated rings. The Labute approximate surface area is 172 Å². The summed E-state index contributed by atoms with van der Waals surface area (Å²) in [6.45, 7) is 0.234. The van der Waals surface area contributed by atoms with Crippen LogP contribution in [0.5, 0.6) is 5.88 Å². The predicted molar refractivity (Wildman–Crippen MR) is 104 cm³/mol. The van der Waals surface area contributed by atoms with E-state index < -0.39 is 11.4 Å². The first-order valence-corrected chi connectivity index (χ1v) is 9.68. The molecule has 3 aromatic heterocycles. The summed E-state index contributed by atoms with van der Waals surface area (Å²) in [5, 5.41) is 13.9. The molecular weight excluding hydrogens is 431 g/mol. The lowest BCUT2D eigenvalue weighted by Crippen LogP contribution is -2.44. The van der Waals surface area contributed by atoms with Gasteiger partial charge in [-0.15, -0.1) is 11.3 Å². The van der Waals surface area contributed by atoms with Gasteiger partial charge in [0, 0.05) is 23.3 Å². The number of hydrogen-bond acceptors (Lipinski definition) is 4. The molecule has 27 heavy (non-hydrogen) atoms. The topological polar surface area (TPSA) is 66.2 Å². The third-order valence-electron chi connectivity index (χ3n) is 4.10. The average Bonchev–Trinajstić information content (AvgIpc) is 3.16. The van der Waals surface area contributed by atoms with Crippen molar-refractivity contribution in [1.82, 2.24) is 14.2 Å². The standard InChI is InChI=1S/C17H11Cl3N4O2S/c1-22-3-2-13-23(8-12-7-21-17(20)27-12)15(25)14(16(26)24(13)22)9-4-10(18)6-11(19)5-9/h2-7H,8H2,1H3. The third kappa shape index (κ3) is 3.21. The van der Waals surface area contributed by atoms with Gasteiger partial charge in [0.2, 0.25) is 0 Å². The highest BCUT2D eigenvalue weighted by atomic mass is 35.5. The third-order valence-corrected chi connectivity index (χ3v) is 5.64. The maximum atomic E-state index is 13.3. The van der Waals surface area contributed by atoms with Gasteiger partial charge in [-0.1, -0.05) is 39.3 Å². The SMILES string of the molecule is Cn1ccc2n1c(=O)c(-c1cc(Cl)cc(Cl)c1)c([O-])[n+]2Cc1cnc(Cl)s1. The summed E-state index contributed by atoms with van der Waals surface area (Å²) in [7, 11) is 1.72. The lowest BCUT2D eigenvalue weighted by molar-refractivity contribution is -0.707. The molecule has 0 amide bonds. The summed E-state index contributed by atoms with van der Waals surface area (Å²) in [6, 6.07) is 6.35. The van der Waals surface area contributed by atoms with Gasteiger partial charge in [0.1, 0.15) is 12.1 Å². The number of halogens is 3. The van der Waals surface area contributed by atoms with Crippen molar-refractivity contribution in [3.63, 3.8) is 0 Å². The first-order valence-electron chi connectivity index (χ1n) is 7.73. The molecule has 0 saturated carbocycles. The van der Waals surface area contributed by atoms with Crippen LogP contribution in [0.15, 0.2) is 41.5 Å². The molecular formula is C17H11Cl3N4O2S. The Balaban J connectivity index is 2.04. The first kappa shape index (κ1) is 18.3. The molecule has 138 valence electrons. The molecule has 3 heterocycles. The predicted octanol–water partition coefficient (Wildman–Crippen LogP) is 3.13.